The molecule has 1 heterocycles. The number of ether oxygens (including phenoxy) is 1. The molecule has 2 N–H and O–H groups in total. The molecular weight excluding hydrogens is 360 g/mol. The SMILES string of the molecule is CCNC(=NCc1ccccc1COC)NCC(c1ccccc1)N1CCCC1. The third-order valence-corrected chi connectivity index (χ3v) is 5.40. The standard InChI is InChI=1S/C24H34N4O/c1-3-25-24(26-17-21-13-7-8-14-22(21)19-29-2)27-18-23(28-15-9-10-16-28)20-11-5-4-6-12-20/h4-8,11-14,23H,3,9-10,15-19H2,1-2H3,(H2,25,26,27). The molecule has 2 aromatic carbocycles. The Morgan fingerprint density at radius 2 is 1.69 bits per heavy atom. The van der Waals surface area contributed by atoms with E-state index in [1.165, 1.54) is 42.6 Å². The van der Waals surface area contributed by atoms with Gasteiger partial charge in [0, 0.05) is 20.2 Å². The molecular formula is C24H34N4O. The van der Waals surface area contributed by atoms with Crippen LogP contribution in [0.2, 0.25) is 0 Å². The van der Waals surface area contributed by atoms with Crippen LogP contribution in [-0.4, -0.2) is 44.1 Å². The number of benzene rings is 2. The van der Waals surface area contributed by atoms with Crippen molar-refractivity contribution < 1.29 is 4.74 Å². The van der Waals surface area contributed by atoms with Crippen molar-refractivity contribution >= 4 is 5.96 Å². The molecule has 5 nitrogen and oxygen atoms in total. The van der Waals surface area contributed by atoms with Crippen LogP contribution in [-0.2, 0) is 17.9 Å². The van der Waals surface area contributed by atoms with E-state index in [1.807, 2.05) is 6.07 Å². The molecule has 2 aromatic rings. The second-order valence-electron chi connectivity index (χ2n) is 7.45. The van der Waals surface area contributed by atoms with Gasteiger partial charge in [0.2, 0.25) is 0 Å². The summed E-state index contributed by atoms with van der Waals surface area (Å²) in [7, 11) is 1.73. The van der Waals surface area contributed by atoms with Crippen molar-refractivity contribution in [1.82, 2.24) is 15.5 Å². The molecule has 29 heavy (non-hydrogen) atoms. The highest BCUT2D eigenvalue weighted by Gasteiger charge is 2.23. The third-order valence-electron chi connectivity index (χ3n) is 5.40. The molecule has 0 bridgehead atoms. The van der Waals surface area contributed by atoms with Crippen LogP contribution in [0.15, 0.2) is 59.6 Å². The van der Waals surface area contributed by atoms with Crippen molar-refractivity contribution in [3.8, 4) is 0 Å². The number of likely N-dealkylation sites (tertiary alicyclic amines) is 1. The van der Waals surface area contributed by atoms with Crippen molar-refractivity contribution in [2.24, 2.45) is 4.99 Å². The van der Waals surface area contributed by atoms with Crippen molar-refractivity contribution in [3.05, 3.63) is 71.3 Å². The average molecular weight is 395 g/mol. The molecule has 1 aliphatic heterocycles. The first-order chi connectivity index (χ1) is 14.3. The number of hydrogen-bond acceptors (Lipinski definition) is 3. The molecule has 1 unspecified atom stereocenters. The van der Waals surface area contributed by atoms with Crippen LogP contribution in [0.3, 0.4) is 0 Å². The molecule has 0 saturated carbocycles. The molecule has 1 saturated heterocycles. The summed E-state index contributed by atoms with van der Waals surface area (Å²) in [4.78, 5) is 7.42. The second kappa shape index (κ2) is 11.6. The number of guanidine groups is 1. The van der Waals surface area contributed by atoms with Gasteiger partial charge in [-0.25, -0.2) is 4.99 Å². The van der Waals surface area contributed by atoms with Crippen molar-refractivity contribution in [2.45, 2.75) is 39.0 Å². The van der Waals surface area contributed by atoms with Gasteiger partial charge in [-0.2, -0.15) is 0 Å². The Kier molecular flexibility index (Phi) is 8.53. The van der Waals surface area contributed by atoms with E-state index >= 15 is 0 Å². The third kappa shape index (κ3) is 6.31. The minimum absolute atomic E-state index is 0.364. The predicted molar refractivity (Wildman–Crippen MR) is 120 cm³/mol. The molecule has 5 heteroatoms. The van der Waals surface area contributed by atoms with Crippen molar-refractivity contribution in [1.29, 1.82) is 0 Å². The van der Waals surface area contributed by atoms with Crippen LogP contribution in [0.4, 0.5) is 0 Å². The predicted octanol–water partition coefficient (Wildman–Crippen LogP) is 3.73. The fraction of sp³-hybridized carbons (Fsp3) is 0.458. The highest BCUT2D eigenvalue weighted by molar-refractivity contribution is 5.79. The summed E-state index contributed by atoms with van der Waals surface area (Å²) < 4.78 is 5.32. The van der Waals surface area contributed by atoms with Crippen LogP contribution < -0.4 is 10.6 Å². The van der Waals surface area contributed by atoms with E-state index in [0.717, 1.165) is 19.0 Å². The van der Waals surface area contributed by atoms with E-state index in [0.29, 0.717) is 19.2 Å². The summed E-state index contributed by atoms with van der Waals surface area (Å²) in [5.74, 6) is 0.861. The van der Waals surface area contributed by atoms with Crippen molar-refractivity contribution in [3.63, 3.8) is 0 Å². The van der Waals surface area contributed by atoms with Gasteiger partial charge >= 0.3 is 0 Å². The van der Waals surface area contributed by atoms with Gasteiger partial charge in [0.05, 0.1) is 19.2 Å². The van der Waals surface area contributed by atoms with Gasteiger partial charge in [-0.15, -0.1) is 0 Å². The van der Waals surface area contributed by atoms with Gasteiger partial charge in [0.1, 0.15) is 0 Å². The molecule has 0 radical (unpaired) electrons. The molecule has 0 aliphatic carbocycles. The topological polar surface area (TPSA) is 48.9 Å². The molecule has 1 fully saturated rings. The molecule has 156 valence electrons. The zero-order valence-corrected chi connectivity index (χ0v) is 17.7. The monoisotopic (exact) mass is 394 g/mol. The van der Waals surface area contributed by atoms with Crippen molar-refractivity contribution in [2.75, 3.05) is 33.3 Å². The van der Waals surface area contributed by atoms with Crippen LogP contribution in [0.1, 0.15) is 42.5 Å². The summed E-state index contributed by atoms with van der Waals surface area (Å²) in [6, 6.07) is 19.5. The number of hydrogen-bond donors (Lipinski definition) is 2. The maximum atomic E-state index is 5.32. The van der Waals surface area contributed by atoms with E-state index in [2.05, 4.69) is 71.0 Å². The van der Waals surface area contributed by atoms with E-state index < -0.39 is 0 Å². The number of aliphatic imine (C=N–C) groups is 1. The lowest BCUT2D eigenvalue weighted by atomic mass is 10.1. The van der Waals surface area contributed by atoms with E-state index in [-0.39, 0.29) is 0 Å². The smallest absolute Gasteiger partial charge is 0.191 e. The first-order valence-electron chi connectivity index (χ1n) is 10.7. The number of rotatable bonds is 9. The summed E-state index contributed by atoms with van der Waals surface area (Å²) in [5, 5.41) is 6.97. The van der Waals surface area contributed by atoms with E-state index in [4.69, 9.17) is 9.73 Å². The highest BCUT2D eigenvalue weighted by atomic mass is 16.5. The Bertz CT molecular complexity index is 756. The molecule has 0 aromatic heterocycles. The Morgan fingerprint density at radius 1 is 1.00 bits per heavy atom. The highest BCUT2D eigenvalue weighted by Crippen LogP contribution is 2.24. The largest absolute Gasteiger partial charge is 0.380 e. The van der Waals surface area contributed by atoms with Gasteiger partial charge in [0.25, 0.3) is 0 Å². The summed E-state index contributed by atoms with van der Waals surface area (Å²) >= 11 is 0. The van der Waals surface area contributed by atoms with Gasteiger partial charge in [-0.3, -0.25) is 4.90 Å². The van der Waals surface area contributed by atoms with Gasteiger partial charge in [-0.1, -0.05) is 54.6 Å². The molecule has 0 amide bonds. The maximum Gasteiger partial charge on any atom is 0.191 e. The van der Waals surface area contributed by atoms with Crippen LogP contribution in [0.25, 0.3) is 0 Å². The molecule has 0 spiro atoms. The minimum Gasteiger partial charge on any atom is -0.380 e. The zero-order chi connectivity index (χ0) is 20.3. The normalized spacial score (nSPS) is 16.0. The maximum absolute atomic E-state index is 5.32. The Labute approximate surface area is 175 Å². The fourth-order valence-corrected chi connectivity index (χ4v) is 3.89. The Hall–Kier alpha value is -2.37. The van der Waals surface area contributed by atoms with Gasteiger partial charge < -0.3 is 15.4 Å². The molecule has 3 rings (SSSR count). The second-order valence-corrected chi connectivity index (χ2v) is 7.45. The fourth-order valence-electron chi connectivity index (χ4n) is 3.89. The average Bonchev–Trinajstić information content (AvgIpc) is 3.28. The zero-order valence-electron chi connectivity index (χ0n) is 17.7. The van der Waals surface area contributed by atoms with Crippen LogP contribution >= 0.6 is 0 Å². The van der Waals surface area contributed by atoms with E-state index in [9.17, 15) is 0 Å². The first-order valence-corrected chi connectivity index (χ1v) is 10.7. The molecule has 1 atom stereocenters. The molecule has 1 aliphatic rings. The lowest BCUT2D eigenvalue weighted by Gasteiger charge is -2.29. The van der Waals surface area contributed by atoms with E-state index in [1.54, 1.807) is 7.11 Å². The lowest BCUT2D eigenvalue weighted by Crippen LogP contribution is -2.42. The summed E-state index contributed by atoms with van der Waals surface area (Å²) in [5.41, 5.74) is 3.75. The number of methoxy groups -OCH3 is 1. The lowest BCUT2D eigenvalue weighted by molar-refractivity contribution is 0.184. The van der Waals surface area contributed by atoms with Gasteiger partial charge in [-0.05, 0) is 49.5 Å². The minimum atomic E-state index is 0.364. The summed E-state index contributed by atoms with van der Waals surface area (Å²) in [6.07, 6.45) is 2.57. The number of nitrogens with one attached hydrogen (secondary N) is 2. The van der Waals surface area contributed by atoms with Crippen LogP contribution in [0, 0.1) is 0 Å². The van der Waals surface area contributed by atoms with Gasteiger partial charge in [0.15, 0.2) is 5.96 Å². The Morgan fingerprint density at radius 3 is 2.38 bits per heavy atom. The van der Waals surface area contributed by atoms with Crippen LogP contribution in [0.5, 0.6) is 0 Å². The first kappa shape index (κ1) is 21.3. The summed E-state index contributed by atoms with van der Waals surface area (Å²) in [6.45, 7) is 7.36. The quantitative estimate of drug-likeness (QED) is 0.503. The number of nitrogens with zero attached hydrogens (tertiary/aromatic N) is 2. The Balaban J connectivity index is 1.69.